The van der Waals surface area contributed by atoms with E-state index in [9.17, 15) is 4.79 Å². The number of hydrogen-bond acceptors (Lipinski definition) is 6. The van der Waals surface area contributed by atoms with Crippen LogP contribution in [0.3, 0.4) is 0 Å². The van der Waals surface area contributed by atoms with Gasteiger partial charge >= 0.3 is 5.97 Å². The summed E-state index contributed by atoms with van der Waals surface area (Å²) in [6.07, 6.45) is 4.79. The third-order valence-corrected chi connectivity index (χ3v) is 3.21. The van der Waals surface area contributed by atoms with Crippen molar-refractivity contribution in [3.05, 3.63) is 53.7 Å². The molecule has 7 nitrogen and oxygen atoms in total. The zero-order valence-electron chi connectivity index (χ0n) is 14.1. The van der Waals surface area contributed by atoms with Gasteiger partial charge in [0.1, 0.15) is 12.0 Å². The molecule has 0 aliphatic carbocycles. The standard InChI is InChI=1S/C17H20N2O5/c1-12-5-6-14(19-9-13(8-18-19)10-21-2)7-15(12)24-16(11-22-3)17(20)23-4/h5-9,11H,10H2,1-4H3/b16-11-. The van der Waals surface area contributed by atoms with Crippen LogP contribution in [-0.2, 0) is 25.6 Å². The maximum absolute atomic E-state index is 11.7. The molecule has 0 unspecified atom stereocenters. The van der Waals surface area contributed by atoms with Gasteiger partial charge in [-0.05, 0) is 18.6 Å². The molecular formula is C17H20N2O5. The number of aryl methyl sites for hydroxylation is 1. The highest BCUT2D eigenvalue weighted by Crippen LogP contribution is 2.24. The van der Waals surface area contributed by atoms with Gasteiger partial charge in [0.15, 0.2) is 0 Å². The lowest BCUT2D eigenvalue weighted by atomic mass is 10.2. The van der Waals surface area contributed by atoms with E-state index in [2.05, 4.69) is 9.84 Å². The maximum atomic E-state index is 11.7. The van der Waals surface area contributed by atoms with E-state index in [-0.39, 0.29) is 5.76 Å². The van der Waals surface area contributed by atoms with E-state index in [0.29, 0.717) is 12.4 Å². The van der Waals surface area contributed by atoms with Crippen LogP contribution < -0.4 is 4.74 Å². The third-order valence-electron chi connectivity index (χ3n) is 3.21. The number of benzene rings is 1. The van der Waals surface area contributed by atoms with Crippen LogP contribution >= 0.6 is 0 Å². The molecule has 0 saturated heterocycles. The molecule has 2 rings (SSSR count). The Morgan fingerprint density at radius 2 is 2.08 bits per heavy atom. The Morgan fingerprint density at radius 1 is 1.29 bits per heavy atom. The molecule has 0 spiro atoms. The van der Waals surface area contributed by atoms with Crippen LogP contribution in [0.4, 0.5) is 0 Å². The molecule has 0 aliphatic heterocycles. The smallest absolute Gasteiger partial charge is 0.377 e. The summed E-state index contributed by atoms with van der Waals surface area (Å²) in [5, 5.41) is 4.29. The highest BCUT2D eigenvalue weighted by Gasteiger charge is 2.15. The van der Waals surface area contributed by atoms with Gasteiger partial charge in [-0.25, -0.2) is 9.48 Å². The minimum Gasteiger partial charge on any atom is -0.500 e. The van der Waals surface area contributed by atoms with Gasteiger partial charge in [0.2, 0.25) is 5.76 Å². The summed E-state index contributed by atoms with van der Waals surface area (Å²) in [4.78, 5) is 11.7. The van der Waals surface area contributed by atoms with Crippen LogP contribution in [0, 0.1) is 6.92 Å². The van der Waals surface area contributed by atoms with Crippen LogP contribution in [0.2, 0.25) is 0 Å². The zero-order chi connectivity index (χ0) is 17.5. The number of ether oxygens (including phenoxy) is 4. The highest BCUT2D eigenvalue weighted by molar-refractivity contribution is 5.86. The van der Waals surface area contributed by atoms with Crippen molar-refractivity contribution in [1.82, 2.24) is 9.78 Å². The summed E-state index contributed by atoms with van der Waals surface area (Å²) >= 11 is 0. The first-order chi connectivity index (χ1) is 11.6. The predicted molar refractivity (Wildman–Crippen MR) is 86.8 cm³/mol. The van der Waals surface area contributed by atoms with Crippen molar-refractivity contribution in [2.45, 2.75) is 13.5 Å². The molecule has 0 fully saturated rings. The lowest BCUT2D eigenvalue weighted by molar-refractivity contribution is -0.138. The summed E-state index contributed by atoms with van der Waals surface area (Å²) in [5.74, 6) is -0.158. The molecule has 24 heavy (non-hydrogen) atoms. The van der Waals surface area contributed by atoms with Crippen LogP contribution in [0.1, 0.15) is 11.1 Å². The van der Waals surface area contributed by atoms with E-state index in [4.69, 9.17) is 14.2 Å². The van der Waals surface area contributed by atoms with Crippen LogP contribution in [0.15, 0.2) is 42.6 Å². The SMILES string of the molecule is CO/C=C(\Oc1cc(-n2cc(COC)cn2)ccc1C)C(=O)OC. The Bertz CT molecular complexity index is 736. The molecule has 1 aromatic heterocycles. The average Bonchev–Trinajstić information content (AvgIpc) is 3.04. The van der Waals surface area contributed by atoms with Gasteiger partial charge in [0.25, 0.3) is 0 Å². The minimum absolute atomic E-state index is 0.0409. The average molecular weight is 332 g/mol. The fraction of sp³-hybridized carbons (Fsp3) is 0.294. The van der Waals surface area contributed by atoms with Crippen molar-refractivity contribution in [2.24, 2.45) is 0 Å². The number of esters is 1. The van der Waals surface area contributed by atoms with Crippen molar-refractivity contribution in [1.29, 1.82) is 0 Å². The quantitative estimate of drug-likeness (QED) is 0.440. The Labute approximate surface area is 140 Å². The lowest BCUT2D eigenvalue weighted by Crippen LogP contribution is -2.12. The largest absolute Gasteiger partial charge is 0.500 e. The van der Waals surface area contributed by atoms with E-state index < -0.39 is 5.97 Å². The number of carbonyl (C=O) groups excluding carboxylic acids is 1. The molecule has 1 aromatic carbocycles. The summed E-state index contributed by atoms with van der Waals surface area (Å²) < 4.78 is 22.0. The van der Waals surface area contributed by atoms with E-state index >= 15 is 0 Å². The zero-order valence-corrected chi connectivity index (χ0v) is 14.1. The number of nitrogens with zero attached hydrogens (tertiary/aromatic N) is 2. The van der Waals surface area contributed by atoms with Crippen LogP contribution in [0.5, 0.6) is 5.75 Å². The minimum atomic E-state index is -0.622. The monoisotopic (exact) mass is 332 g/mol. The number of carbonyl (C=O) groups is 1. The van der Waals surface area contributed by atoms with Gasteiger partial charge in [-0.15, -0.1) is 0 Å². The van der Waals surface area contributed by atoms with Crippen LogP contribution in [-0.4, -0.2) is 37.1 Å². The van der Waals surface area contributed by atoms with Gasteiger partial charge in [0, 0.05) is 24.9 Å². The Balaban J connectivity index is 2.30. The molecule has 0 N–H and O–H groups in total. The first kappa shape index (κ1) is 17.6. The lowest BCUT2D eigenvalue weighted by Gasteiger charge is -2.12. The summed E-state index contributed by atoms with van der Waals surface area (Å²) in [7, 11) is 4.34. The molecule has 0 bridgehead atoms. The molecule has 7 heteroatoms. The molecule has 128 valence electrons. The fourth-order valence-corrected chi connectivity index (χ4v) is 2.02. The number of rotatable bonds is 7. The van der Waals surface area contributed by atoms with Gasteiger partial charge in [0.05, 0.1) is 32.7 Å². The summed E-state index contributed by atoms with van der Waals surface area (Å²) in [6, 6.07) is 5.57. The van der Waals surface area contributed by atoms with E-state index in [1.807, 2.05) is 25.3 Å². The number of hydrogen-bond donors (Lipinski definition) is 0. The second-order valence-corrected chi connectivity index (χ2v) is 4.99. The van der Waals surface area contributed by atoms with Crippen LogP contribution in [0.25, 0.3) is 5.69 Å². The molecular weight excluding hydrogens is 312 g/mol. The van der Waals surface area contributed by atoms with Gasteiger partial charge in [-0.1, -0.05) is 6.07 Å². The van der Waals surface area contributed by atoms with Gasteiger partial charge in [-0.2, -0.15) is 5.10 Å². The molecule has 0 radical (unpaired) electrons. The third kappa shape index (κ3) is 4.14. The Kier molecular flexibility index (Phi) is 5.97. The van der Waals surface area contributed by atoms with Gasteiger partial charge < -0.3 is 18.9 Å². The number of aromatic nitrogens is 2. The molecule has 0 amide bonds. The van der Waals surface area contributed by atoms with Crippen molar-refractivity contribution >= 4 is 5.97 Å². The molecule has 1 heterocycles. The molecule has 2 aromatic rings. The summed E-state index contributed by atoms with van der Waals surface area (Å²) in [5.41, 5.74) is 2.60. The molecule has 0 atom stereocenters. The van der Waals surface area contributed by atoms with Crippen molar-refractivity contribution in [3.8, 4) is 11.4 Å². The van der Waals surface area contributed by atoms with E-state index in [0.717, 1.165) is 16.8 Å². The Hall–Kier alpha value is -2.80. The van der Waals surface area contributed by atoms with Crippen molar-refractivity contribution in [3.63, 3.8) is 0 Å². The maximum Gasteiger partial charge on any atom is 0.377 e. The molecule has 0 aliphatic rings. The molecule has 0 saturated carbocycles. The Morgan fingerprint density at radius 3 is 2.75 bits per heavy atom. The highest BCUT2D eigenvalue weighted by atomic mass is 16.6. The first-order valence-corrected chi connectivity index (χ1v) is 7.21. The number of methoxy groups -OCH3 is 3. The fourth-order valence-electron chi connectivity index (χ4n) is 2.02. The first-order valence-electron chi connectivity index (χ1n) is 7.21. The normalized spacial score (nSPS) is 11.2. The van der Waals surface area contributed by atoms with Gasteiger partial charge in [-0.3, -0.25) is 0 Å². The van der Waals surface area contributed by atoms with E-state index in [1.54, 1.807) is 24.1 Å². The summed E-state index contributed by atoms with van der Waals surface area (Å²) in [6.45, 7) is 2.36. The van der Waals surface area contributed by atoms with Crippen molar-refractivity contribution < 1.29 is 23.7 Å². The van der Waals surface area contributed by atoms with Crippen molar-refractivity contribution in [2.75, 3.05) is 21.3 Å². The topological polar surface area (TPSA) is 71.8 Å². The second-order valence-electron chi connectivity index (χ2n) is 4.99. The van der Waals surface area contributed by atoms with E-state index in [1.165, 1.54) is 20.5 Å². The second kappa shape index (κ2) is 8.16. The predicted octanol–water partition coefficient (Wildman–Crippen LogP) is 2.37.